The summed E-state index contributed by atoms with van der Waals surface area (Å²) in [7, 11) is 1.81. The molecule has 2 saturated heterocycles. The lowest BCUT2D eigenvalue weighted by Gasteiger charge is -2.30. The van der Waals surface area contributed by atoms with Gasteiger partial charge in [-0.1, -0.05) is 12.1 Å². The molecule has 5 rings (SSSR count). The number of rotatable bonds is 5. The van der Waals surface area contributed by atoms with E-state index in [1.807, 2.05) is 19.2 Å². The molecule has 31 heavy (non-hydrogen) atoms. The van der Waals surface area contributed by atoms with Gasteiger partial charge in [0.15, 0.2) is 11.6 Å². The van der Waals surface area contributed by atoms with E-state index in [2.05, 4.69) is 15.9 Å². The monoisotopic (exact) mass is 440 g/mol. The zero-order chi connectivity index (χ0) is 21.2. The average Bonchev–Trinajstić information content (AvgIpc) is 3.22. The summed E-state index contributed by atoms with van der Waals surface area (Å²) in [5, 5.41) is 9.93. The molecule has 2 aliphatic rings. The van der Waals surface area contributed by atoms with Gasteiger partial charge in [-0.2, -0.15) is 0 Å². The molecule has 8 heteroatoms. The first-order valence-corrected chi connectivity index (χ1v) is 11.7. The van der Waals surface area contributed by atoms with Crippen LogP contribution in [0.4, 0.5) is 5.82 Å². The minimum atomic E-state index is 0.222. The highest BCUT2D eigenvalue weighted by atomic mass is 32.1. The van der Waals surface area contributed by atoms with Crippen molar-refractivity contribution in [3.63, 3.8) is 0 Å². The molecular formula is C23H28N4O3S. The van der Waals surface area contributed by atoms with Gasteiger partial charge in [-0.3, -0.25) is 4.90 Å². The fourth-order valence-electron chi connectivity index (χ4n) is 4.33. The third-order valence-electron chi connectivity index (χ3n) is 6.07. The van der Waals surface area contributed by atoms with Crippen molar-refractivity contribution in [1.29, 1.82) is 0 Å². The summed E-state index contributed by atoms with van der Waals surface area (Å²) in [5.74, 6) is 1.84. The number of morpholine rings is 1. The topological polar surface area (TPSA) is 71.0 Å². The maximum atomic E-state index is 9.93. The number of aromatic nitrogens is 2. The number of methoxy groups -OCH3 is 1. The zero-order valence-electron chi connectivity index (χ0n) is 17.8. The molecule has 0 bridgehead atoms. The molecule has 2 fully saturated rings. The number of hydrogen-bond acceptors (Lipinski definition) is 8. The Morgan fingerprint density at radius 1 is 1.13 bits per heavy atom. The Balaban J connectivity index is 1.49. The molecule has 0 saturated carbocycles. The van der Waals surface area contributed by atoms with Crippen LogP contribution in [0.15, 0.2) is 30.3 Å². The molecule has 2 aliphatic heterocycles. The molecule has 7 nitrogen and oxygen atoms in total. The molecule has 4 heterocycles. The van der Waals surface area contributed by atoms with Crippen LogP contribution in [-0.2, 0) is 16.0 Å². The van der Waals surface area contributed by atoms with E-state index in [1.165, 1.54) is 4.88 Å². The molecule has 0 radical (unpaired) electrons. The van der Waals surface area contributed by atoms with E-state index >= 15 is 0 Å². The maximum Gasteiger partial charge on any atom is 0.162 e. The van der Waals surface area contributed by atoms with Gasteiger partial charge in [0, 0.05) is 50.3 Å². The number of ether oxygens (including phenoxy) is 2. The molecular weight excluding hydrogens is 412 g/mol. The van der Waals surface area contributed by atoms with Crippen LogP contribution in [0.1, 0.15) is 17.7 Å². The van der Waals surface area contributed by atoms with E-state index in [9.17, 15) is 5.11 Å². The highest BCUT2D eigenvalue weighted by Crippen LogP contribution is 2.35. The minimum Gasteiger partial charge on any atom is -0.508 e. The number of anilines is 1. The van der Waals surface area contributed by atoms with E-state index in [-0.39, 0.29) is 5.75 Å². The van der Waals surface area contributed by atoms with Crippen LogP contribution in [0.25, 0.3) is 21.6 Å². The third kappa shape index (κ3) is 4.52. The second-order valence-electron chi connectivity index (χ2n) is 8.16. The summed E-state index contributed by atoms with van der Waals surface area (Å²) in [6.45, 7) is 6.11. The molecule has 0 unspecified atom stereocenters. The van der Waals surface area contributed by atoms with E-state index in [4.69, 9.17) is 19.4 Å². The summed E-state index contributed by atoms with van der Waals surface area (Å²) >= 11 is 1.80. The van der Waals surface area contributed by atoms with E-state index in [1.54, 1.807) is 23.5 Å². The van der Waals surface area contributed by atoms with Gasteiger partial charge < -0.3 is 19.5 Å². The summed E-state index contributed by atoms with van der Waals surface area (Å²) in [5.41, 5.74) is 1.80. The van der Waals surface area contributed by atoms with Crippen LogP contribution < -0.4 is 4.90 Å². The summed E-state index contributed by atoms with van der Waals surface area (Å²) in [6.07, 6.45) is 2.56. The highest BCUT2D eigenvalue weighted by Gasteiger charge is 2.22. The van der Waals surface area contributed by atoms with Crippen molar-refractivity contribution in [2.45, 2.75) is 25.5 Å². The second-order valence-corrected chi connectivity index (χ2v) is 9.30. The number of nitrogens with zero attached hydrogens (tertiary/aromatic N) is 4. The zero-order valence-corrected chi connectivity index (χ0v) is 18.6. The number of fused-ring (bicyclic) bond motifs is 1. The van der Waals surface area contributed by atoms with Gasteiger partial charge in [0.05, 0.1) is 29.5 Å². The Hall–Kier alpha value is -2.26. The van der Waals surface area contributed by atoms with Crippen LogP contribution in [0.3, 0.4) is 0 Å². The number of benzene rings is 1. The highest BCUT2D eigenvalue weighted by molar-refractivity contribution is 7.19. The molecule has 2 aromatic heterocycles. The smallest absolute Gasteiger partial charge is 0.162 e. The predicted molar refractivity (Wildman–Crippen MR) is 123 cm³/mol. The lowest BCUT2D eigenvalue weighted by Crippen LogP contribution is -2.36. The van der Waals surface area contributed by atoms with Gasteiger partial charge in [0.1, 0.15) is 5.75 Å². The van der Waals surface area contributed by atoms with E-state index in [0.717, 1.165) is 67.2 Å². The number of phenolic OH excluding ortho intramolecular Hbond substituents is 1. The molecule has 0 spiro atoms. The van der Waals surface area contributed by atoms with Crippen molar-refractivity contribution in [3.05, 3.63) is 35.2 Å². The quantitative estimate of drug-likeness (QED) is 0.651. The van der Waals surface area contributed by atoms with Crippen molar-refractivity contribution in [2.24, 2.45) is 0 Å². The summed E-state index contributed by atoms with van der Waals surface area (Å²) < 4.78 is 12.2. The van der Waals surface area contributed by atoms with Gasteiger partial charge in [-0.05, 0) is 31.0 Å². The predicted octanol–water partition coefficient (Wildman–Crippen LogP) is 3.51. The first-order chi connectivity index (χ1) is 15.2. The minimum absolute atomic E-state index is 0.222. The van der Waals surface area contributed by atoms with E-state index in [0.29, 0.717) is 25.1 Å². The average molecular weight is 441 g/mol. The summed E-state index contributed by atoms with van der Waals surface area (Å²) in [6, 6.07) is 9.37. The molecule has 0 atom stereocenters. The Morgan fingerprint density at radius 2 is 1.94 bits per heavy atom. The third-order valence-corrected chi connectivity index (χ3v) is 7.17. The molecule has 0 amide bonds. The van der Waals surface area contributed by atoms with Crippen molar-refractivity contribution in [1.82, 2.24) is 14.9 Å². The molecule has 1 aromatic carbocycles. The maximum absolute atomic E-state index is 9.93. The fourth-order valence-corrected chi connectivity index (χ4v) is 5.48. The second kappa shape index (κ2) is 9.08. The van der Waals surface area contributed by atoms with Crippen molar-refractivity contribution < 1.29 is 14.6 Å². The number of phenols is 1. The SMILES string of the molecule is COC1CCN(Cc2cc3nc(-c4cccc(O)c4)nc(N4CCOCC4)c3s2)CC1. The van der Waals surface area contributed by atoms with Crippen LogP contribution in [0, 0.1) is 0 Å². The number of likely N-dealkylation sites (tertiary alicyclic amines) is 1. The van der Waals surface area contributed by atoms with Crippen molar-refractivity contribution >= 4 is 27.4 Å². The van der Waals surface area contributed by atoms with Gasteiger partial charge in [-0.15, -0.1) is 11.3 Å². The molecule has 164 valence electrons. The standard InChI is InChI=1S/C23H28N4O3S/c1-29-18-5-7-26(8-6-18)15-19-14-20-21(31-19)23(27-9-11-30-12-10-27)25-22(24-20)16-3-2-4-17(28)13-16/h2-4,13-14,18,28H,5-12,15H2,1H3. The van der Waals surface area contributed by atoms with Gasteiger partial charge in [0.25, 0.3) is 0 Å². The number of piperidine rings is 1. The molecule has 3 aromatic rings. The molecule has 0 aliphatic carbocycles. The number of hydrogen-bond donors (Lipinski definition) is 1. The lowest BCUT2D eigenvalue weighted by atomic mass is 10.1. The van der Waals surface area contributed by atoms with Gasteiger partial charge in [0.2, 0.25) is 0 Å². The van der Waals surface area contributed by atoms with Crippen molar-refractivity contribution in [2.75, 3.05) is 51.4 Å². The largest absolute Gasteiger partial charge is 0.508 e. The normalized spacial score (nSPS) is 18.7. The molecule has 1 N–H and O–H groups in total. The lowest BCUT2D eigenvalue weighted by molar-refractivity contribution is 0.0391. The van der Waals surface area contributed by atoms with Crippen LogP contribution >= 0.6 is 11.3 Å². The summed E-state index contributed by atoms with van der Waals surface area (Å²) in [4.78, 5) is 15.9. The Bertz CT molecular complexity index is 1040. The van der Waals surface area contributed by atoms with Crippen molar-refractivity contribution in [3.8, 4) is 17.1 Å². The Kier molecular flexibility index (Phi) is 6.04. The number of aromatic hydroxyl groups is 1. The first-order valence-electron chi connectivity index (χ1n) is 10.9. The van der Waals surface area contributed by atoms with Gasteiger partial charge >= 0.3 is 0 Å². The van der Waals surface area contributed by atoms with Gasteiger partial charge in [-0.25, -0.2) is 9.97 Å². The van der Waals surface area contributed by atoms with Crippen LogP contribution in [0.5, 0.6) is 5.75 Å². The first kappa shape index (κ1) is 20.6. The number of thiophene rings is 1. The Labute approximate surface area is 186 Å². The van der Waals surface area contributed by atoms with Crippen LogP contribution in [-0.4, -0.2) is 72.6 Å². The van der Waals surface area contributed by atoms with E-state index < -0.39 is 0 Å². The van der Waals surface area contributed by atoms with Crippen LogP contribution in [0.2, 0.25) is 0 Å². The fraction of sp³-hybridized carbons (Fsp3) is 0.478. The Morgan fingerprint density at radius 3 is 2.68 bits per heavy atom.